The second-order valence-corrected chi connectivity index (χ2v) is 6.39. The molecule has 0 aromatic heterocycles. The maximum absolute atomic E-state index is 12.2. The number of ether oxygens (including phenoxy) is 3. The minimum absolute atomic E-state index is 0.0405. The highest BCUT2D eigenvalue weighted by Gasteiger charge is 2.33. The molecule has 0 aliphatic carbocycles. The third-order valence-electron chi connectivity index (χ3n) is 4.30. The van der Waals surface area contributed by atoms with Crippen LogP contribution in [0.5, 0.6) is 5.75 Å². The lowest BCUT2D eigenvalue weighted by Crippen LogP contribution is -2.46. The van der Waals surface area contributed by atoms with Crippen LogP contribution in [0, 0.1) is 0 Å². The van der Waals surface area contributed by atoms with E-state index in [9.17, 15) is 4.79 Å². The normalized spacial score (nSPS) is 20.5. The predicted octanol–water partition coefficient (Wildman–Crippen LogP) is 2.39. The van der Waals surface area contributed by atoms with Crippen LogP contribution in [-0.4, -0.2) is 64.5 Å². The summed E-state index contributed by atoms with van der Waals surface area (Å²) in [6.07, 6.45) is 3.16. The molecular weight excluding hydrogens is 308 g/mol. The summed E-state index contributed by atoms with van der Waals surface area (Å²) in [4.78, 5) is 13.7. The summed E-state index contributed by atoms with van der Waals surface area (Å²) in [7, 11) is 6.79. The lowest BCUT2D eigenvalue weighted by Gasteiger charge is -2.37. The van der Waals surface area contributed by atoms with Crippen molar-refractivity contribution >= 4 is 11.6 Å². The van der Waals surface area contributed by atoms with Crippen molar-refractivity contribution in [2.24, 2.45) is 0 Å². The molecule has 0 radical (unpaired) electrons. The Balaban J connectivity index is 2.17. The zero-order valence-corrected chi connectivity index (χ0v) is 15.1. The van der Waals surface area contributed by atoms with Crippen LogP contribution in [-0.2, 0) is 9.47 Å². The van der Waals surface area contributed by atoms with Gasteiger partial charge in [0.25, 0.3) is 5.91 Å². The molecule has 1 amide bonds. The van der Waals surface area contributed by atoms with Gasteiger partial charge < -0.3 is 24.4 Å². The monoisotopic (exact) mass is 336 g/mol. The minimum atomic E-state index is -0.334. The van der Waals surface area contributed by atoms with Crippen molar-refractivity contribution in [3.05, 3.63) is 23.8 Å². The van der Waals surface area contributed by atoms with Gasteiger partial charge in [0.05, 0.1) is 19.4 Å². The lowest BCUT2D eigenvalue weighted by atomic mass is 9.94. The first-order valence-corrected chi connectivity index (χ1v) is 8.28. The number of methoxy groups -OCH3 is 2. The Labute approximate surface area is 144 Å². The Hall–Kier alpha value is -1.79. The molecule has 1 aromatic rings. The fourth-order valence-electron chi connectivity index (χ4n) is 2.97. The molecule has 1 aliphatic rings. The van der Waals surface area contributed by atoms with Crippen molar-refractivity contribution in [3.63, 3.8) is 0 Å². The molecule has 1 atom stereocenters. The molecule has 0 spiro atoms. The van der Waals surface area contributed by atoms with Gasteiger partial charge in [-0.1, -0.05) is 0 Å². The van der Waals surface area contributed by atoms with E-state index >= 15 is 0 Å². The molecule has 1 aromatic carbocycles. The van der Waals surface area contributed by atoms with Gasteiger partial charge in [-0.3, -0.25) is 4.79 Å². The number of nitrogens with zero attached hydrogens (tertiary/aromatic N) is 1. The second kappa shape index (κ2) is 8.35. The molecule has 1 fully saturated rings. The Kier molecular flexibility index (Phi) is 6.45. The van der Waals surface area contributed by atoms with Crippen molar-refractivity contribution < 1.29 is 19.0 Å². The molecule has 0 saturated carbocycles. The predicted molar refractivity (Wildman–Crippen MR) is 93.9 cm³/mol. The maximum Gasteiger partial charge on any atom is 0.253 e. The third kappa shape index (κ3) is 4.39. The number of anilines is 1. The lowest BCUT2D eigenvalue weighted by molar-refractivity contribution is -0.106. The van der Waals surface area contributed by atoms with Gasteiger partial charge in [-0.2, -0.15) is 0 Å². The van der Waals surface area contributed by atoms with Gasteiger partial charge in [0, 0.05) is 39.9 Å². The van der Waals surface area contributed by atoms with E-state index in [-0.39, 0.29) is 11.5 Å². The number of rotatable bonds is 7. The molecule has 6 nitrogen and oxygen atoms in total. The van der Waals surface area contributed by atoms with Gasteiger partial charge in [-0.15, -0.1) is 0 Å². The molecule has 6 heteroatoms. The number of hydrogen-bond acceptors (Lipinski definition) is 5. The number of nitrogens with one attached hydrogen (secondary N) is 1. The van der Waals surface area contributed by atoms with Crippen LogP contribution in [0.15, 0.2) is 18.2 Å². The summed E-state index contributed by atoms with van der Waals surface area (Å²) in [5.41, 5.74) is 1.07. The number of carbonyl (C=O) groups excluding carboxylic acids is 1. The van der Waals surface area contributed by atoms with Crippen molar-refractivity contribution in [3.8, 4) is 5.75 Å². The fourth-order valence-corrected chi connectivity index (χ4v) is 2.97. The van der Waals surface area contributed by atoms with Gasteiger partial charge in [0.15, 0.2) is 0 Å². The zero-order chi connectivity index (χ0) is 17.6. The molecule has 24 heavy (non-hydrogen) atoms. The fraction of sp³-hybridized carbons (Fsp3) is 0.611. The van der Waals surface area contributed by atoms with Crippen LogP contribution in [0.2, 0.25) is 0 Å². The quantitative estimate of drug-likeness (QED) is 0.828. The highest BCUT2D eigenvalue weighted by Crippen LogP contribution is 2.30. The Morgan fingerprint density at radius 3 is 2.71 bits per heavy atom. The van der Waals surface area contributed by atoms with Crippen molar-refractivity contribution in [1.82, 2.24) is 4.90 Å². The smallest absolute Gasteiger partial charge is 0.253 e. The van der Waals surface area contributed by atoms with E-state index in [0.29, 0.717) is 24.5 Å². The zero-order valence-electron chi connectivity index (χ0n) is 15.1. The Morgan fingerprint density at radius 2 is 2.12 bits per heavy atom. The van der Waals surface area contributed by atoms with E-state index in [2.05, 4.69) is 5.32 Å². The van der Waals surface area contributed by atoms with E-state index < -0.39 is 0 Å². The molecule has 2 rings (SSSR count). The number of amides is 1. The highest BCUT2D eigenvalue weighted by molar-refractivity contribution is 5.95. The van der Waals surface area contributed by atoms with E-state index in [4.69, 9.17) is 14.2 Å². The number of hydrogen-bond donors (Lipinski definition) is 1. The summed E-state index contributed by atoms with van der Waals surface area (Å²) in [6, 6.07) is 5.41. The summed E-state index contributed by atoms with van der Waals surface area (Å²) in [6.45, 7) is 1.90. The highest BCUT2D eigenvalue weighted by atomic mass is 16.5. The average molecular weight is 336 g/mol. The molecule has 1 saturated heterocycles. The largest absolute Gasteiger partial charge is 0.495 e. The summed E-state index contributed by atoms with van der Waals surface area (Å²) < 4.78 is 16.8. The first-order chi connectivity index (χ1) is 11.5. The first-order valence-electron chi connectivity index (χ1n) is 8.28. The average Bonchev–Trinajstić information content (AvgIpc) is 2.60. The van der Waals surface area contributed by atoms with Gasteiger partial charge >= 0.3 is 0 Å². The van der Waals surface area contributed by atoms with Gasteiger partial charge in [-0.05, 0) is 37.5 Å². The van der Waals surface area contributed by atoms with Crippen LogP contribution in [0.4, 0.5) is 5.69 Å². The van der Waals surface area contributed by atoms with E-state index in [1.54, 1.807) is 39.3 Å². The van der Waals surface area contributed by atoms with Crippen molar-refractivity contribution in [2.45, 2.75) is 24.9 Å². The van der Waals surface area contributed by atoms with E-state index in [1.165, 1.54) is 0 Å². The molecular formula is C18H28N2O4. The molecule has 1 unspecified atom stereocenters. The van der Waals surface area contributed by atoms with Crippen LogP contribution < -0.4 is 10.1 Å². The summed E-state index contributed by atoms with van der Waals surface area (Å²) in [5, 5.41) is 3.39. The van der Waals surface area contributed by atoms with Gasteiger partial charge in [0.1, 0.15) is 11.4 Å². The molecule has 1 heterocycles. The number of carbonyl (C=O) groups is 1. The Morgan fingerprint density at radius 1 is 1.33 bits per heavy atom. The second-order valence-electron chi connectivity index (χ2n) is 6.39. The Bertz CT molecular complexity index is 548. The summed E-state index contributed by atoms with van der Waals surface area (Å²) >= 11 is 0. The molecule has 1 aliphatic heterocycles. The maximum atomic E-state index is 12.2. The van der Waals surface area contributed by atoms with E-state index in [1.807, 2.05) is 12.1 Å². The van der Waals surface area contributed by atoms with Crippen LogP contribution >= 0.6 is 0 Å². The van der Waals surface area contributed by atoms with Crippen molar-refractivity contribution in [2.75, 3.05) is 53.4 Å². The standard InChI is InChI=1S/C18H28N2O4/c1-20(2)17(21)14-7-8-16(23-4)15(11-14)19-12-18(13-22-3)9-5-6-10-24-18/h7-8,11,19H,5-6,9-10,12-13H2,1-4H3. The van der Waals surface area contributed by atoms with Crippen LogP contribution in [0.25, 0.3) is 0 Å². The van der Waals surface area contributed by atoms with Crippen molar-refractivity contribution in [1.29, 1.82) is 0 Å². The number of benzene rings is 1. The first kappa shape index (κ1) is 18.5. The summed E-state index contributed by atoms with van der Waals surface area (Å²) in [5.74, 6) is 0.662. The van der Waals surface area contributed by atoms with Crippen LogP contribution in [0.1, 0.15) is 29.6 Å². The van der Waals surface area contributed by atoms with Crippen LogP contribution in [0.3, 0.4) is 0 Å². The van der Waals surface area contributed by atoms with Gasteiger partial charge in [-0.25, -0.2) is 0 Å². The molecule has 134 valence electrons. The SMILES string of the molecule is COCC1(CNc2cc(C(=O)N(C)C)ccc2OC)CCCCO1. The third-order valence-corrected chi connectivity index (χ3v) is 4.30. The molecule has 1 N–H and O–H groups in total. The topological polar surface area (TPSA) is 60.0 Å². The van der Waals surface area contributed by atoms with Gasteiger partial charge in [0.2, 0.25) is 0 Å². The molecule has 0 bridgehead atoms. The van der Waals surface area contributed by atoms with E-state index in [0.717, 1.165) is 31.6 Å². The minimum Gasteiger partial charge on any atom is -0.495 e.